The van der Waals surface area contributed by atoms with Crippen molar-refractivity contribution in [2.45, 2.75) is 19.9 Å². The molecule has 0 atom stereocenters. The van der Waals surface area contributed by atoms with Crippen LogP contribution in [-0.2, 0) is 6.54 Å². The number of carbonyl (C=O) groups is 1. The molecule has 90 valence electrons. The minimum Gasteiger partial charge on any atom is -0.395 e. The van der Waals surface area contributed by atoms with Crippen LogP contribution in [0.15, 0.2) is 12.3 Å². The van der Waals surface area contributed by atoms with Crippen molar-refractivity contribution in [1.82, 2.24) is 9.47 Å². The number of hydrogen-bond acceptors (Lipinski definition) is 2. The van der Waals surface area contributed by atoms with Gasteiger partial charge in [0.05, 0.1) is 11.6 Å². The van der Waals surface area contributed by atoms with Gasteiger partial charge in [0.15, 0.2) is 0 Å². The van der Waals surface area contributed by atoms with E-state index in [0.717, 1.165) is 13.0 Å². The Morgan fingerprint density at radius 2 is 2.31 bits per heavy atom. The molecule has 0 spiro atoms. The molecule has 1 aromatic heterocycles. The van der Waals surface area contributed by atoms with Gasteiger partial charge in [-0.3, -0.25) is 4.79 Å². The number of rotatable bonds is 5. The Morgan fingerprint density at radius 3 is 2.88 bits per heavy atom. The molecule has 0 fully saturated rings. The van der Waals surface area contributed by atoms with E-state index < -0.39 is 0 Å². The topological polar surface area (TPSA) is 45.5 Å². The molecule has 0 bridgehead atoms. The van der Waals surface area contributed by atoms with Crippen molar-refractivity contribution in [3.8, 4) is 0 Å². The van der Waals surface area contributed by atoms with Gasteiger partial charge in [-0.25, -0.2) is 0 Å². The number of aliphatic hydroxyl groups excluding tert-OH is 1. The van der Waals surface area contributed by atoms with E-state index in [1.807, 2.05) is 11.5 Å². The normalized spacial score (nSPS) is 10.5. The number of aromatic nitrogens is 1. The highest BCUT2D eigenvalue weighted by molar-refractivity contribution is 6.31. The molecule has 0 aliphatic carbocycles. The van der Waals surface area contributed by atoms with Gasteiger partial charge in [0.25, 0.3) is 5.91 Å². The van der Waals surface area contributed by atoms with Crippen molar-refractivity contribution >= 4 is 17.5 Å². The molecule has 0 saturated carbocycles. The highest BCUT2D eigenvalue weighted by Gasteiger charge is 2.16. The number of hydrogen-bond donors (Lipinski definition) is 1. The molecule has 0 radical (unpaired) electrons. The van der Waals surface area contributed by atoms with Gasteiger partial charge in [-0.15, -0.1) is 0 Å². The van der Waals surface area contributed by atoms with Crippen molar-refractivity contribution in [3.05, 3.63) is 23.0 Å². The van der Waals surface area contributed by atoms with E-state index >= 15 is 0 Å². The number of nitrogens with zero attached hydrogens (tertiary/aromatic N) is 2. The Bertz CT molecular complexity index is 363. The monoisotopic (exact) mass is 244 g/mol. The van der Waals surface area contributed by atoms with Crippen LogP contribution in [0, 0.1) is 0 Å². The fourth-order valence-electron chi connectivity index (χ4n) is 1.53. The van der Waals surface area contributed by atoms with Crippen molar-refractivity contribution in [3.63, 3.8) is 0 Å². The van der Waals surface area contributed by atoms with Crippen molar-refractivity contribution in [2.24, 2.45) is 0 Å². The van der Waals surface area contributed by atoms with Crippen LogP contribution in [0.1, 0.15) is 23.8 Å². The molecule has 5 heteroatoms. The summed E-state index contributed by atoms with van der Waals surface area (Å²) in [5.41, 5.74) is 0.572. The van der Waals surface area contributed by atoms with Crippen molar-refractivity contribution < 1.29 is 9.90 Å². The molecule has 0 aliphatic heterocycles. The molecule has 0 unspecified atom stereocenters. The van der Waals surface area contributed by atoms with Crippen LogP contribution in [0.5, 0.6) is 0 Å². The maximum Gasteiger partial charge on any atom is 0.270 e. The molecule has 1 heterocycles. The van der Waals surface area contributed by atoms with Crippen LogP contribution in [-0.4, -0.2) is 40.7 Å². The molecule has 1 N–H and O–H groups in total. The van der Waals surface area contributed by atoms with E-state index in [-0.39, 0.29) is 12.5 Å². The van der Waals surface area contributed by atoms with Crippen LogP contribution in [0.3, 0.4) is 0 Å². The van der Waals surface area contributed by atoms with E-state index in [1.54, 1.807) is 19.3 Å². The largest absolute Gasteiger partial charge is 0.395 e. The number of halogens is 1. The van der Waals surface area contributed by atoms with E-state index in [9.17, 15) is 4.79 Å². The van der Waals surface area contributed by atoms with Crippen LogP contribution in [0.4, 0.5) is 0 Å². The van der Waals surface area contributed by atoms with E-state index in [4.69, 9.17) is 16.7 Å². The lowest BCUT2D eigenvalue weighted by atomic mass is 10.3. The summed E-state index contributed by atoms with van der Waals surface area (Å²) >= 11 is 5.89. The molecular formula is C11H17ClN2O2. The van der Waals surface area contributed by atoms with Gasteiger partial charge in [-0.05, 0) is 12.5 Å². The summed E-state index contributed by atoms with van der Waals surface area (Å²) < 4.78 is 1.85. The number of amides is 1. The second-order valence-corrected chi connectivity index (χ2v) is 4.12. The third-order valence-corrected chi connectivity index (χ3v) is 2.54. The van der Waals surface area contributed by atoms with E-state index in [2.05, 4.69) is 0 Å². The third kappa shape index (κ3) is 3.00. The first kappa shape index (κ1) is 13.1. The average molecular weight is 245 g/mol. The van der Waals surface area contributed by atoms with Gasteiger partial charge >= 0.3 is 0 Å². The van der Waals surface area contributed by atoms with Crippen molar-refractivity contribution in [2.75, 3.05) is 20.2 Å². The van der Waals surface area contributed by atoms with Gasteiger partial charge in [-0.2, -0.15) is 0 Å². The molecule has 1 amide bonds. The van der Waals surface area contributed by atoms with Gasteiger partial charge in [-0.1, -0.05) is 18.5 Å². The third-order valence-electron chi connectivity index (χ3n) is 2.33. The van der Waals surface area contributed by atoms with Crippen molar-refractivity contribution in [1.29, 1.82) is 0 Å². The first-order chi connectivity index (χ1) is 7.60. The first-order valence-electron chi connectivity index (χ1n) is 5.32. The minimum absolute atomic E-state index is 0.0372. The number of carbonyl (C=O) groups excluding carboxylic acids is 1. The van der Waals surface area contributed by atoms with Crippen LogP contribution >= 0.6 is 11.6 Å². The molecule has 0 saturated heterocycles. The molecule has 16 heavy (non-hydrogen) atoms. The summed E-state index contributed by atoms with van der Waals surface area (Å²) in [4.78, 5) is 13.5. The standard InChI is InChI=1S/C11H17ClN2O2/c1-3-4-14-8-9(12)7-10(14)11(16)13(2)5-6-15/h7-8,15H,3-6H2,1-2H3. The van der Waals surface area contributed by atoms with Gasteiger partial charge in [0, 0.05) is 26.3 Å². The molecular weight excluding hydrogens is 228 g/mol. The first-order valence-corrected chi connectivity index (χ1v) is 5.70. The summed E-state index contributed by atoms with van der Waals surface area (Å²) in [7, 11) is 1.66. The number of aryl methyl sites for hydroxylation is 1. The number of likely N-dealkylation sites (N-methyl/N-ethyl adjacent to an activating group) is 1. The lowest BCUT2D eigenvalue weighted by molar-refractivity contribution is 0.0756. The fourth-order valence-corrected chi connectivity index (χ4v) is 1.75. The van der Waals surface area contributed by atoms with Gasteiger partial charge < -0.3 is 14.6 Å². The molecule has 1 rings (SSSR count). The smallest absolute Gasteiger partial charge is 0.270 e. The Kier molecular flexibility index (Phi) is 4.83. The zero-order valence-electron chi connectivity index (χ0n) is 9.61. The molecule has 0 aliphatic rings. The van der Waals surface area contributed by atoms with Crippen LogP contribution < -0.4 is 0 Å². The van der Waals surface area contributed by atoms with E-state index in [0.29, 0.717) is 17.3 Å². The lowest BCUT2D eigenvalue weighted by Crippen LogP contribution is -2.31. The van der Waals surface area contributed by atoms with Crippen LogP contribution in [0.25, 0.3) is 0 Å². The Morgan fingerprint density at radius 1 is 1.62 bits per heavy atom. The Balaban J connectivity index is 2.89. The lowest BCUT2D eigenvalue weighted by Gasteiger charge is -2.16. The summed E-state index contributed by atoms with van der Waals surface area (Å²) in [6.45, 7) is 3.10. The summed E-state index contributed by atoms with van der Waals surface area (Å²) in [6, 6.07) is 1.66. The quantitative estimate of drug-likeness (QED) is 0.856. The second kappa shape index (κ2) is 5.92. The molecule has 1 aromatic rings. The molecule has 4 nitrogen and oxygen atoms in total. The van der Waals surface area contributed by atoms with Gasteiger partial charge in [0.1, 0.15) is 5.69 Å². The fraction of sp³-hybridized carbons (Fsp3) is 0.545. The maximum absolute atomic E-state index is 12.0. The Hall–Kier alpha value is -1.00. The Labute approximate surface area is 100 Å². The predicted octanol–water partition coefficient (Wildman–Crippen LogP) is 1.62. The van der Waals surface area contributed by atoms with Gasteiger partial charge in [0.2, 0.25) is 0 Å². The highest BCUT2D eigenvalue weighted by atomic mass is 35.5. The zero-order chi connectivity index (χ0) is 12.1. The summed E-state index contributed by atoms with van der Waals surface area (Å²) in [6.07, 6.45) is 2.69. The second-order valence-electron chi connectivity index (χ2n) is 3.69. The van der Waals surface area contributed by atoms with Crippen LogP contribution in [0.2, 0.25) is 5.02 Å². The number of aliphatic hydroxyl groups is 1. The summed E-state index contributed by atoms with van der Waals surface area (Å²) in [5, 5.41) is 9.35. The average Bonchev–Trinajstić information content (AvgIpc) is 2.59. The minimum atomic E-state index is -0.116. The van der Waals surface area contributed by atoms with E-state index in [1.165, 1.54) is 4.90 Å². The predicted molar refractivity (Wildman–Crippen MR) is 63.8 cm³/mol. The zero-order valence-corrected chi connectivity index (χ0v) is 10.4. The highest BCUT2D eigenvalue weighted by Crippen LogP contribution is 2.16. The molecule has 0 aromatic carbocycles. The summed E-state index contributed by atoms with van der Waals surface area (Å²) in [5.74, 6) is -0.116. The SMILES string of the molecule is CCCn1cc(Cl)cc1C(=O)N(C)CCO. The maximum atomic E-state index is 12.0.